The van der Waals surface area contributed by atoms with Crippen LogP contribution in [-0.4, -0.2) is 36.4 Å². The Balaban J connectivity index is 1.99. The van der Waals surface area contributed by atoms with Gasteiger partial charge in [0.2, 0.25) is 5.91 Å². The van der Waals surface area contributed by atoms with Crippen molar-refractivity contribution >= 4 is 11.6 Å². The average molecular weight is 224 g/mol. The summed E-state index contributed by atoms with van der Waals surface area (Å²) in [6.45, 7) is 0.481. The molecule has 1 saturated carbocycles. The minimum Gasteiger partial charge on any atom is -0.379 e. The summed E-state index contributed by atoms with van der Waals surface area (Å²) in [5, 5.41) is 6.12. The van der Waals surface area contributed by atoms with Crippen LogP contribution in [-0.2, 0) is 9.53 Å². The molecule has 2 aliphatic rings. The quantitative estimate of drug-likeness (QED) is 0.687. The highest BCUT2D eigenvalue weighted by Gasteiger charge is 2.30. The van der Waals surface area contributed by atoms with Crippen molar-refractivity contribution < 1.29 is 9.53 Å². The van der Waals surface area contributed by atoms with Crippen LogP contribution >= 0.6 is 0 Å². The molecule has 0 saturated heterocycles. The van der Waals surface area contributed by atoms with Crippen LogP contribution in [0.3, 0.4) is 0 Å². The Hall–Kier alpha value is -0.900. The van der Waals surface area contributed by atoms with E-state index in [1.165, 1.54) is 25.7 Å². The highest BCUT2D eigenvalue weighted by molar-refractivity contribution is 6.05. The molecule has 1 heterocycles. The van der Waals surface area contributed by atoms with Gasteiger partial charge in [0.15, 0.2) is 0 Å². The van der Waals surface area contributed by atoms with Gasteiger partial charge in [0.05, 0.1) is 24.8 Å². The number of rotatable bonds is 3. The van der Waals surface area contributed by atoms with E-state index in [-0.39, 0.29) is 5.91 Å². The molecule has 2 rings (SSSR count). The molecule has 0 atom stereocenters. The van der Waals surface area contributed by atoms with Crippen molar-refractivity contribution in [1.29, 1.82) is 0 Å². The number of carbonyl (C=O) groups is 1. The molecule has 4 nitrogen and oxygen atoms in total. The van der Waals surface area contributed by atoms with Crippen molar-refractivity contribution in [3.05, 3.63) is 0 Å². The lowest BCUT2D eigenvalue weighted by Gasteiger charge is -2.22. The molecule has 0 unspecified atom stereocenters. The summed E-state index contributed by atoms with van der Waals surface area (Å²) >= 11 is 0. The fourth-order valence-electron chi connectivity index (χ4n) is 2.53. The zero-order chi connectivity index (χ0) is 11.4. The van der Waals surface area contributed by atoms with Crippen molar-refractivity contribution in [3.8, 4) is 0 Å². The van der Waals surface area contributed by atoms with E-state index in [1.807, 2.05) is 0 Å². The molecule has 0 spiro atoms. The summed E-state index contributed by atoms with van der Waals surface area (Å²) in [5.74, 6) is 0.152. The molecule has 1 aliphatic carbocycles. The third kappa shape index (κ3) is 2.61. The van der Waals surface area contributed by atoms with E-state index in [4.69, 9.17) is 4.74 Å². The molecule has 90 valence electrons. The van der Waals surface area contributed by atoms with Crippen molar-refractivity contribution in [3.63, 3.8) is 0 Å². The first-order chi connectivity index (χ1) is 7.81. The van der Waals surface area contributed by atoms with Crippen LogP contribution in [0.25, 0.3) is 0 Å². The van der Waals surface area contributed by atoms with Crippen molar-refractivity contribution in [2.24, 2.45) is 5.10 Å². The Kier molecular flexibility index (Phi) is 3.93. The van der Waals surface area contributed by atoms with Gasteiger partial charge in [-0.3, -0.25) is 4.79 Å². The summed E-state index contributed by atoms with van der Waals surface area (Å²) < 4.78 is 5.02. The number of hydrogen-bond acceptors (Lipinski definition) is 3. The van der Waals surface area contributed by atoms with Gasteiger partial charge >= 0.3 is 0 Å². The Morgan fingerprint density at radius 2 is 2.00 bits per heavy atom. The second-order valence-electron chi connectivity index (χ2n) is 4.66. The lowest BCUT2D eigenvalue weighted by atomic mass is 10.1. The van der Waals surface area contributed by atoms with Gasteiger partial charge in [-0.25, -0.2) is 5.01 Å². The molecule has 0 aromatic rings. The number of carbonyl (C=O) groups excluding carboxylic acids is 1. The van der Waals surface area contributed by atoms with Gasteiger partial charge in [0.1, 0.15) is 0 Å². The van der Waals surface area contributed by atoms with Crippen molar-refractivity contribution in [2.75, 3.05) is 13.7 Å². The summed E-state index contributed by atoms with van der Waals surface area (Å²) in [6, 6.07) is 0.337. The van der Waals surface area contributed by atoms with Crippen LogP contribution in [0.1, 0.15) is 44.9 Å². The molecule has 16 heavy (non-hydrogen) atoms. The van der Waals surface area contributed by atoms with Crippen LogP contribution in [0, 0.1) is 0 Å². The predicted octanol–water partition coefficient (Wildman–Crippen LogP) is 1.94. The lowest BCUT2D eigenvalue weighted by Crippen LogP contribution is -2.32. The van der Waals surface area contributed by atoms with E-state index >= 15 is 0 Å². The second-order valence-corrected chi connectivity index (χ2v) is 4.66. The van der Waals surface area contributed by atoms with E-state index < -0.39 is 0 Å². The summed E-state index contributed by atoms with van der Waals surface area (Å²) in [5.41, 5.74) is 0.872. The van der Waals surface area contributed by atoms with E-state index in [0.29, 0.717) is 19.1 Å². The summed E-state index contributed by atoms with van der Waals surface area (Å²) in [6.07, 6.45) is 7.71. The van der Waals surface area contributed by atoms with Gasteiger partial charge in [-0.05, 0) is 12.8 Å². The van der Waals surface area contributed by atoms with Crippen LogP contribution in [0.15, 0.2) is 5.10 Å². The number of hydrazone groups is 1. The van der Waals surface area contributed by atoms with Crippen LogP contribution < -0.4 is 0 Å². The van der Waals surface area contributed by atoms with E-state index in [9.17, 15) is 4.79 Å². The normalized spacial score (nSPS) is 23.4. The van der Waals surface area contributed by atoms with Gasteiger partial charge in [-0.1, -0.05) is 25.7 Å². The van der Waals surface area contributed by atoms with Gasteiger partial charge in [-0.2, -0.15) is 5.10 Å². The number of amides is 1. The third-order valence-electron chi connectivity index (χ3n) is 3.34. The standard InChI is InChI=1S/C12H20N2O2/c1-16-9-10-8-12(15)14(13-10)11-6-4-2-3-5-7-11/h11H,2-9H2,1H3. The fourth-order valence-corrected chi connectivity index (χ4v) is 2.53. The Labute approximate surface area is 96.6 Å². The lowest BCUT2D eigenvalue weighted by molar-refractivity contribution is -0.131. The molecule has 1 fully saturated rings. The van der Waals surface area contributed by atoms with Gasteiger partial charge in [0, 0.05) is 7.11 Å². The van der Waals surface area contributed by atoms with Crippen LogP contribution in [0.4, 0.5) is 0 Å². The van der Waals surface area contributed by atoms with E-state index in [1.54, 1.807) is 12.1 Å². The highest BCUT2D eigenvalue weighted by atomic mass is 16.5. The van der Waals surface area contributed by atoms with Gasteiger partial charge in [-0.15, -0.1) is 0 Å². The summed E-state index contributed by atoms with van der Waals surface area (Å²) in [4.78, 5) is 11.8. The molecule has 4 heteroatoms. The Bertz CT molecular complexity index is 281. The first kappa shape index (κ1) is 11.6. The largest absolute Gasteiger partial charge is 0.379 e. The van der Waals surface area contributed by atoms with Crippen molar-refractivity contribution in [2.45, 2.75) is 51.0 Å². The molecular weight excluding hydrogens is 204 g/mol. The Morgan fingerprint density at radius 1 is 1.31 bits per heavy atom. The minimum atomic E-state index is 0.152. The molecular formula is C12H20N2O2. The maximum absolute atomic E-state index is 11.8. The maximum Gasteiger partial charge on any atom is 0.248 e. The van der Waals surface area contributed by atoms with Gasteiger partial charge in [0.25, 0.3) is 0 Å². The fraction of sp³-hybridized carbons (Fsp3) is 0.833. The molecule has 0 aromatic heterocycles. The first-order valence-electron chi connectivity index (χ1n) is 6.18. The molecule has 0 radical (unpaired) electrons. The van der Waals surface area contributed by atoms with Crippen LogP contribution in [0.5, 0.6) is 0 Å². The third-order valence-corrected chi connectivity index (χ3v) is 3.34. The number of nitrogens with zero attached hydrogens (tertiary/aromatic N) is 2. The maximum atomic E-state index is 11.8. The zero-order valence-corrected chi connectivity index (χ0v) is 9.95. The topological polar surface area (TPSA) is 41.9 Å². The second kappa shape index (κ2) is 5.43. The zero-order valence-electron chi connectivity index (χ0n) is 9.95. The Morgan fingerprint density at radius 3 is 2.62 bits per heavy atom. The monoisotopic (exact) mass is 224 g/mol. The smallest absolute Gasteiger partial charge is 0.248 e. The minimum absolute atomic E-state index is 0.152. The number of methoxy groups -OCH3 is 1. The van der Waals surface area contributed by atoms with Crippen LogP contribution in [0.2, 0.25) is 0 Å². The number of ether oxygens (including phenoxy) is 1. The van der Waals surface area contributed by atoms with E-state index in [0.717, 1.165) is 18.6 Å². The number of hydrogen-bond donors (Lipinski definition) is 0. The molecule has 0 bridgehead atoms. The highest BCUT2D eigenvalue weighted by Crippen LogP contribution is 2.25. The van der Waals surface area contributed by atoms with Gasteiger partial charge < -0.3 is 4.74 Å². The SMILES string of the molecule is COCC1=NN(C2CCCCCC2)C(=O)C1. The summed E-state index contributed by atoms with van der Waals surface area (Å²) in [7, 11) is 1.64. The van der Waals surface area contributed by atoms with E-state index in [2.05, 4.69) is 5.10 Å². The van der Waals surface area contributed by atoms with Crippen molar-refractivity contribution in [1.82, 2.24) is 5.01 Å². The first-order valence-corrected chi connectivity index (χ1v) is 6.18. The molecule has 1 amide bonds. The molecule has 1 aliphatic heterocycles. The molecule has 0 N–H and O–H groups in total. The predicted molar refractivity (Wildman–Crippen MR) is 62.3 cm³/mol. The average Bonchev–Trinajstić information content (AvgIpc) is 2.52. The molecule has 0 aromatic carbocycles.